The van der Waals surface area contributed by atoms with E-state index in [9.17, 15) is 0 Å². The highest BCUT2D eigenvalue weighted by molar-refractivity contribution is 6.10. The van der Waals surface area contributed by atoms with Crippen molar-refractivity contribution in [1.29, 1.82) is 0 Å². The lowest BCUT2D eigenvalue weighted by Gasteiger charge is -2.25. The molecule has 7 aromatic rings. The van der Waals surface area contributed by atoms with Gasteiger partial charge in [0.1, 0.15) is 0 Å². The number of nitrogens with one attached hydrogen (secondary N) is 2. The van der Waals surface area contributed by atoms with Crippen molar-refractivity contribution in [3.8, 4) is 16.8 Å². The van der Waals surface area contributed by atoms with Gasteiger partial charge in [0.2, 0.25) is 0 Å². The summed E-state index contributed by atoms with van der Waals surface area (Å²) in [7, 11) is 0. The maximum Gasteiger partial charge on any atom is 0.0789 e. The van der Waals surface area contributed by atoms with Gasteiger partial charge in [-0.15, -0.1) is 0 Å². The lowest BCUT2D eigenvalue weighted by Crippen LogP contribution is -2.22. The van der Waals surface area contributed by atoms with E-state index in [4.69, 9.17) is 5.73 Å². The topological polar surface area (TPSA) is 72.8 Å². The molecule has 4 aromatic carbocycles. The zero-order valence-corrected chi connectivity index (χ0v) is 38.2. The van der Waals surface area contributed by atoms with Crippen LogP contribution in [-0.2, 0) is 13.0 Å². The van der Waals surface area contributed by atoms with E-state index in [2.05, 4.69) is 177 Å². The second-order valence-electron chi connectivity index (χ2n) is 15.7. The lowest BCUT2D eigenvalue weighted by atomic mass is 9.89. The first kappa shape index (κ1) is 44.9. The molecule has 0 saturated heterocycles. The van der Waals surface area contributed by atoms with E-state index in [1.165, 1.54) is 82.9 Å². The first-order valence-electron chi connectivity index (χ1n) is 22.7. The van der Waals surface area contributed by atoms with Crippen LogP contribution in [0.15, 0.2) is 188 Å². The molecule has 1 atom stereocenters. The maximum absolute atomic E-state index is 6.08. The van der Waals surface area contributed by atoms with Gasteiger partial charge in [-0.25, -0.2) is 0 Å². The third-order valence-corrected chi connectivity index (χ3v) is 11.5. The minimum atomic E-state index is 0.151. The van der Waals surface area contributed by atoms with E-state index >= 15 is 0 Å². The summed E-state index contributed by atoms with van der Waals surface area (Å²) in [5, 5.41) is 10.7. The Bertz CT molecular complexity index is 2960. The van der Waals surface area contributed by atoms with E-state index < -0.39 is 0 Å². The van der Waals surface area contributed by atoms with E-state index in [1.807, 2.05) is 71.3 Å². The van der Waals surface area contributed by atoms with Gasteiger partial charge < -0.3 is 25.5 Å². The molecule has 0 fully saturated rings. The van der Waals surface area contributed by atoms with E-state index in [1.54, 1.807) is 6.20 Å². The molecule has 6 heteroatoms. The molecule has 1 aliphatic carbocycles. The number of rotatable bonds is 8. The van der Waals surface area contributed by atoms with Gasteiger partial charge in [-0.05, 0) is 153 Å². The Morgan fingerprint density at radius 2 is 1.56 bits per heavy atom. The molecule has 2 aliphatic heterocycles. The third-order valence-electron chi connectivity index (χ3n) is 11.5. The number of aryl methyl sites for hydroxylation is 1. The SMILES string of the molecule is C/C=C\C.C/C=C\C=C/Cn1c2c(c3ccc(-c4ccc5c(c4)c4ccccc4n5-c4cc(CCN)cc(C5=CCNC=C5)c4)cc31)C1NC=CC=C1C=C2.CC.Cc1cccnc1. The summed E-state index contributed by atoms with van der Waals surface area (Å²) in [5.41, 5.74) is 22.1. The van der Waals surface area contributed by atoms with Crippen LogP contribution in [0.4, 0.5) is 0 Å². The van der Waals surface area contributed by atoms with Crippen molar-refractivity contribution in [3.05, 3.63) is 216 Å². The number of allylic oxidation sites excluding steroid dienone is 10. The molecule has 0 saturated carbocycles. The van der Waals surface area contributed by atoms with Crippen molar-refractivity contribution in [2.45, 2.75) is 60.5 Å². The Labute approximate surface area is 379 Å². The van der Waals surface area contributed by atoms with Gasteiger partial charge in [-0.3, -0.25) is 4.98 Å². The Balaban J connectivity index is 0.000000414. The van der Waals surface area contributed by atoms with Gasteiger partial charge in [0.05, 0.1) is 17.1 Å². The molecule has 4 N–H and O–H groups in total. The predicted molar refractivity (Wildman–Crippen MR) is 276 cm³/mol. The molecular formula is C58H62N6. The molecule has 0 amide bonds. The first-order chi connectivity index (χ1) is 31.5. The average molecular weight is 843 g/mol. The Morgan fingerprint density at radius 3 is 2.30 bits per heavy atom. The van der Waals surface area contributed by atoms with Crippen molar-refractivity contribution in [2.24, 2.45) is 5.73 Å². The molecule has 5 heterocycles. The highest BCUT2D eigenvalue weighted by atomic mass is 15.0. The Hall–Kier alpha value is -7.15. The summed E-state index contributed by atoms with van der Waals surface area (Å²) in [5.74, 6) is 0. The molecule has 0 radical (unpaired) electrons. The van der Waals surface area contributed by atoms with Gasteiger partial charge in [0.25, 0.3) is 0 Å². The lowest BCUT2D eigenvalue weighted by molar-refractivity contribution is 0.708. The van der Waals surface area contributed by atoms with Crippen LogP contribution < -0.4 is 16.4 Å². The number of fused-ring (bicyclic) bond motifs is 8. The van der Waals surface area contributed by atoms with Crippen LogP contribution in [0.5, 0.6) is 0 Å². The summed E-state index contributed by atoms with van der Waals surface area (Å²) >= 11 is 0. The Kier molecular flexibility index (Phi) is 15.3. The van der Waals surface area contributed by atoms with Crippen LogP contribution in [0.3, 0.4) is 0 Å². The van der Waals surface area contributed by atoms with Gasteiger partial charge >= 0.3 is 0 Å². The average Bonchev–Trinajstić information content (AvgIpc) is 3.86. The van der Waals surface area contributed by atoms with Crippen molar-refractivity contribution in [2.75, 3.05) is 13.1 Å². The third kappa shape index (κ3) is 9.73. The van der Waals surface area contributed by atoms with E-state index in [0.29, 0.717) is 6.54 Å². The molecule has 10 rings (SSSR count). The highest BCUT2D eigenvalue weighted by Crippen LogP contribution is 2.42. The Morgan fingerprint density at radius 1 is 0.750 bits per heavy atom. The zero-order chi connectivity index (χ0) is 44.8. The zero-order valence-electron chi connectivity index (χ0n) is 38.2. The monoisotopic (exact) mass is 843 g/mol. The predicted octanol–water partition coefficient (Wildman–Crippen LogP) is 13.6. The number of aromatic nitrogens is 3. The molecule has 1 unspecified atom stereocenters. The van der Waals surface area contributed by atoms with Crippen LogP contribution in [0.1, 0.15) is 68.6 Å². The van der Waals surface area contributed by atoms with Gasteiger partial charge in [0, 0.05) is 64.1 Å². The molecule has 0 bridgehead atoms. The van der Waals surface area contributed by atoms with E-state index in [-0.39, 0.29) is 6.04 Å². The molecule has 3 aliphatic rings. The number of hydrogen-bond donors (Lipinski definition) is 3. The maximum atomic E-state index is 6.08. The molecular weight excluding hydrogens is 781 g/mol. The van der Waals surface area contributed by atoms with Crippen LogP contribution in [-0.4, -0.2) is 27.2 Å². The summed E-state index contributed by atoms with van der Waals surface area (Å²) < 4.78 is 4.89. The summed E-state index contributed by atoms with van der Waals surface area (Å²) in [4.78, 5) is 3.88. The fourth-order valence-corrected chi connectivity index (χ4v) is 8.52. The first-order valence-corrected chi connectivity index (χ1v) is 22.7. The fraction of sp³-hybridized carbons (Fsp3) is 0.190. The second kappa shape index (κ2) is 21.8. The largest absolute Gasteiger partial charge is 0.387 e. The van der Waals surface area contributed by atoms with Gasteiger partial charge in [-0.1, -0.05) is 117 Å². The van der Waals surface area contributed by atoms with Crippen LogP contribution in [0, 0.1) is 6.92 Å². The smallest absolute Gasteiger partial charge is 0.0789 e. The molecule has 3 aromatic heterocycles. The van der Waals surface area contributed by atoms with Gasteiger partial charge in [-0.2, -0.15) is 0 Å². The molecule has 0 spiro atoms. The summed E-state index contributed by atoms with van der Waals surface area (Å²) in [6, 6.07) is 33.8. The summed E-state index contributed by atoms with van der Waals surface area (Å²) in [6.45, 7) is 14.3. The number of hydrogen-bond acceptors (Lipinski definition) is 4. The number of pyridine rings is 1. The second-order valence-corrected chi connectivity index (χ2v) is 15.7. The number of dihydropyridines is 2. The number of nitrogens with two attached hydrogens (primary N) is 1. The quantitative estimate of drug-likeness (QED) is 0.105. The van der Waals surface area contributed by atoms with Crippen molar-refractivity contribution in [3.63, 3.8) is 0 Å². The molecule has 64 heavy (non-hydrogen) atoms. The van der Waals surface area contributed by atoms with Crippen molar-refractivity contribution < 1.29 is 0 Å². The van der Waals surface area contributed by atoms with E-state index in [0.717, 1.165) is 25.2 Å². The normalized spacial score (nSPS) is 14.8. The van der Waals surface area contributed by atoms with Crippen LogP contribution in [0.25, 0.3) is 61.2 Å². The van der Waals surface area contributed by atoms with Crippen LogP contribution in [0.2, 0.25) is 0 Å². The number of benzene rings is 4. The van der Waals surface area contributed by atoms with Gasteiger partial charge in [0.15, 0.2) is 0 Å². The number of nitrogens with zero attached hydrogens (tertiary/aromatic N) is 3. The van der Waals surface area contributed by atoms with Crippen LogP contribution >= 0.6 is 0 Å². The van der Waals surface area contributed by atoms with Crippen molar-refractivity contribution >= 4 is 44.4 Å². The fourth-order valence-electron chi connectivity index (χ4n) is 8.52. The minimum absolute atomic E-state index is 0.151. The molecule has 6 nitrogen and oxygen atoms in total. The minimum Gasteiger partial charge on any atom is -0.387 e. The summed E-state index contributed by atoms with van der Waals surface area (Å²) in [6.07, 6.45) is 34.3. The highest BCUT2D eigenvalue weighted by Gasteiger charge is 2.28. The van der Waals surface area contributed by atoms with Crippen molar-refractivity contribution in [1.82, 2.24) is 24.8 Å². The number of para-hydroxylation sites is 1. The molecule has 324 valence electrons. The standard InChI is InChI=1S/C46H41N5.C6H7N.C4H8.C2H6/c1-2-3-4-7-25-50-43-17-13-33-9-8-22-49-46(33)45(43)39-15-12-35(30-44(39)50)34-14-16-42-40(29-34)38-10-5-6-11-41(38)51(42)37-27-31(18-21-47)26-36(28-37)32-19-23-48-24-20-32;1-6-3-2-4-7-5-6;1-3-4-2;1-2/h2-17,19-20,22-23,26-30,46,48-49H,18,21,24-25,47H2,1H3;2-5H,1H3;3-4H,1-2H3;1-2H3/b3-2-,7-4-;;4-3-;.